The molecule has 1 fully saturated rings. The topological polar surface area (TPSA) is 46.0 Å². The average Bonchev–Trinajstić information content (AvgIpc) is 2.67. The first kappa shape index (κ1) is 19.8. The van der Waals surface area contributed by atoms with Gasteiger partial charge < -0.3 is 19.9 Å². The first-order valence-corrected chi connectivity index (χ1v) is 9.73. The van der Waals surface area contributed by atoms with E-state index in [0.717, 1.165) is 36.9 Å². The molecule has 3 rings (SSSR count). The van der Waals surface area contributed by atoms with Crippen LogP contribution in [0, 0.1) is 0 Å². The zero-order valence-electron chi connectivity index (χ0n) is 15.5. The summed E-state index contributed by atoms with van der Waals surface area (Å²) in [4.78, 5) is 16.2. The van der Waals surface area contributed by atoms with E-state index < -0.39 is 0 Å². The van der Waals surface area contributed by atoms with Crippen molar-refractivity contribution in [1.82, 2.24) is 0 Å². The number of anilines is 2. The van der Waals surface area contributed by atoms with E-state index in [9.17, 15) is 4.79 Å². The normalized spacial score (nSPS) is 16.1. The van der Waals surface area contributed by atoms with Gasteiger partial charge in [0, 0.05) is 16.4 Å². The smallest absolute Gasteiger partial charge is 0.282 e. The summed E-state index contributed by atoms with van der Waals surface area (Å²) in [6.45, 7) is 5.53. The summed E-state index contributed by atoms with van der Waals surface area (Å²) in [5.41, 5.74) is 1.81. The van der Waals surface area contributed by atoms with Gasteiger partial charge in [0.15, 0.2) is 6.04 Å². The molecule has 7 heteroatoms. The van der Waals surface area contributed by atoms with Gasteiger partial charge >= 0.3 is 0 Å². The molecule has 1 heterocycles. The third-order valence-electron chi connectivity index (χ3n) is 5.00. The van der Waals surface area contributed by atoms with E-state index >= 15 is 0 Å². The molecule has 0 radical (unpaired) electrons. The second-order valence-electron chi connectivity index (χ2n) is 6.69. The number of nitrogens with one attached hydrogen (secondary N) is 2. The van der Waals surface area contributed by atoms with E-state index in [1.54, 1.807) is 25.3 Å². The quantitative estimate of drug-likeness (QED) is 0.799. The summed E-state index contributed by atoms with van der Waals surface area (Å²) in [6, 6.07) is 13.0. The number of nitrogens with zero attached hydrogens (tertiary/aromatic N) is 1. The molecule has 2 aromatic carbocycles. The maximum absolute atomic E-state index is 12.6. The van der Waals surface area contributed by atoms with Crippen LogP contribution in [0.2, 0.25) is 10.0 Å². The van der Waals surface area contributed by atoms with E-state index in [-0.39, 0.29) is 11.9 Å². The van der Waals surface area contributed by atoms with E-state index in [0.29, 0.717) is 16.5 Å². The van der Waals surface area contributed by atoms with Crippen molar-refractivity contribution in [3.05, 3.63) is 52.5 Å². The largest absolute Gasteiger partial charge is 0.495 e. The Labute approximate surface area is 169 Å². The second kappa shape index (κ2) is 8.83. The first-order valence-electron chi connectivity index (χ1n) is 8.97. The van der Waals surface area contributed by atoms with Crippen LogP contribution >= 0.6 is 23.2 Å². The van der Waals surface area contributed by atoms with Crippen LogP contribution in [0.15, 0.2) is 42.5 Å². The number of hydrogen-bond donors (Lipinski definition) is 2. The van der Waals surface area contributed by atoms with Crippen molar-refractivity contribution in [2.24, 2.45) is 0 Å². The molecule has 1 saturated heterocycles. The molecule has 27 heavy (non-hydrogen) atoms. The summed E-state index contributed by atoms with van der Waals surface area (Å²) in [6.07, 6.45) is 0. The summed E-state index contributed by atoms with van der Waals surface area (Å²) < 4.78 is 5.14. The lowest BCUT2D eigenvalue weighted by atomic mass is 10.2. The summed E-state index contributed by atoms with van der Waals surface area (Å²) in [5, 5.41) is 4.17. The zero-order chi connectivity index (χ0) is 19.4. The Morgan fingerprint density at radius 2 is 1.93 bits per heavy atom. The minimum atomic E-state index is -0.146. The lowest BCUT2D eigenvalue weighted by Gasteiger charge is -2.36. The van der Waals surface area contributed by atoms with Crippen LogP contribution in [0.5, 0.6) is 5.75 Å². The average molecular weight is 409 g/mol. The molecule has 1 aliphatic heterocycles. The van der Waals surface area contributed by atoms with Crippen LogP contribution in [0.25, 0.3) is 0 Å². The molecule has 2 aromatic rings. The number of piperazine rings is 1. The fraction of sp³-hybridized carbons (Fsp3) is 0.350. The molecule has 1 atom stereocenters. The standard InChI is InChI=1S/C20H23Cl2N3O2/c1-14(20(26)23-16-6-7-19(27-2)18(22)13-16)24-8-10-25(11-9-24)17-5-3-4-15(21)12-17/h3-7,12-14H,8-11H2,1-2H3,(H,23,26)/p+1/t14-/m1/s1. The summed E-state index contributed by atoms with van der Waals surface area (Å²) in [7, 11) is 1.56. The van der Waals surface area contributed by atoms with Gasteiger partial charge in [0.2, 0.25) is 0 Å². The predicted molar refractivity (Wildman–Crippen MR) is 110 cm³/mol. The monoisotopic (exact) mass is 408 g/mol. The van der Waals surface area contributed by atoms with Crippen LogP contribution in [-0.4, -0.2) is 45.2 Å². The van der Waals surface area contributed by atoms with Crippen LogP contribution < -0.4 is 19.9 Å². The number of ether oxygens (including phenoxy) is 1. The van der Waals surface area contributed by atoms with Gasteiger partial charge in [-0.1, -0.05) is 29.3 Å². The van der Waals surface area contributed by atoms with Gasteiger partial charge in [-0.2, -0.15) is 0 Å². The molecule has 0 aromatic heterocycles. The number of quaternary nitrogens is 1. The highest BCUT2D eigenvalue weighted by Crippen LogP contribution is 2.27. The number of benzene rings is 2. The van der Waals surface area contributed by atoms with E-state index in [1.807, 2.05) is 25.1 Å². The summed E-state index contributed by atoms with van der Waals surface area (Å²) in [5.74, 6) is 0.577. The fourth-order valence-corrected chi connectivity index (χ4v) is 3.78. The number of amides is 1. The van der Waals surface area contributed by atoms with Crippen molar-refractivity contribution in [1.29, 1.82) is 0 Å². The molecule has 2 N–H and O–H groups in total. The van der Waals surface area contributed by atoms with E-state index in [4.69, 9.17) is 27.9 Å². The lowest BCUT2D eigenvalue weighted by Crippen LogP contribution is -3.19. The molecule has 1 aliphatic rings. The Bertz CT molecular complexity index is 808. The van der Waals surface area contributed by atoms with Crippen LogP contribution in [0.1, 0.15) is 6.92 Å². The SMILES string of the molecule is COc1ccc(NC(=O)[C@@H](C)[NH+]2CCN(c3cccc(Cl)c3)CC2)cc1Cl. The minimum absolute atomic E-state index is 0.0116. The van der Waals surface area contributed by atoms with E-state index in [2.05, 4.69) is 16.3 Å². The van der Waals surface area contributed by atoms with Crippen molar-refractivity contribution in [3.8, 4) is 5.75 Å². The molecular weight excluding hydrogens is 385 g/mol. The number of methoxy groups -OCH3 is 1. The van der Waals surface area contributed by atoms with Crippen molar-refractivity contribution in [2.45, 2.75) is 13.0 Å². The fourth-order valence-electron chi connectivity index (χ4n) is 3.34. The lowest BCUT2D eigenvalue weighted by molar-refractivity contribution is -0.914. The van der Waals surface area contributed by atoms with Crippen molar-refractivity contribution in [2.75, 3.05) is 43.5 Å². The number of carbonyl (C=O) groups is 1. The maximum Gasteiger partial charge on any atom is 0.282 e. The minimum Gasteiger partial charge on any atom is -0.495 e. The zero-order valence-corrected chi connectivity index (χ0v) is 17.0. The van der Waals surface area contributed by atoms with Crippen LogP contribution in [-0.2, 0) is 4.79 Å². The number of halogens is 2. The van der Waals surface area contributed by atoms with Gasteiger partial charge in [0.1, 0.15) is 5.75 Å². The van der Waals surface area contributed by atoms with Crippen molar-refractivity contribution < 1.29 is 14.4 Å². The molecule has 144 valence electrons. The van der Waals surface area contributed by atoms with Crippen LogP contribution in [0.4, 0.5) is 11.4 Å². The Morgan fingerprint density at radius 1 is 1.19 bits per heavy atom. The molecule has 0 saturated carbocycles. The van der Waals surface area contributed by atoms with Gasteiger partial charge in [-0.15, -0.1) is 0 Å². The molecule has 1 amide bonds. The molecular formula is C20H24Cl2N3O2+. The number of rotatable bonds is 5. The van der Waals surface area contributed by atoms with Gasteiger partial charge in [-0.05, 0) is 43.3 Å². The molecule has 0 unspecified atom stereocenters. The van der Waals surface area contributed by atoms with Gasteiger partial charge in [-0.3, -0.25) is 4.79 Å². The van der Waals surface area contributed by atoms with Crippen molar-refractivity contribution in [3.63, 3.8) is 0 Å². The Morgan fingerprint density at radius 3 is 2.56 bits per heavy atom. The van der Waals surface area contributed by atoms with Crippen LogP contribution in [0.3, 0.4) is 0 Å². The second-order valence-corrected chi connectivity index (χ2v) is 7.53. The highest BCUT2D eigenvalue weighted by Gasteiger charge is 2.29. The molecule has 0 bridgehead atoms. The third-order valence-corrected chi connectivity index (χ3v) is 5.53. The molecule has 0 aliphatic carbocycles. The Balaban J connectivity index is 1.56. The molecule has 0 spiro atoms. The summed E-state index contributed by atoms with van der Waals surface area (Å²) >= 11 is 12.2. The van der Waals surface area contributed by atoms with E-state index in [1.165, 1.54) is 4.90 Å². The van der Waals surface area contributed by atoms with Gasteiger partial charge in [-0.25, -0.2) is 0 Å². The van der Waals surface area contributed by atoms with Gasteiger partial charge in [0.25, 0.3) is 5.91 Å². The highest BCUT2D eigenvalue weighted by atomic mass is 35.5. The predicted octanol–water partition coefficient (Wildman–Crippen LogP) is 2.73. The van der Waals surface area contributed by atoms with Gasteiger partial charge in [0.05, 0.1) is 38.3 Å². The first-order chi connectivity index (χ1) is 13.0. The number of carbonyl (C=O) groups excluding carboxylic acids is 1. The Kier molecular flexibility index (Phi) is 6.47. The van der Waals surface area contributed by atoms with Crippen molar-refractivity contribution >= 4 is 40.5 Å². The maximum atomic E-state index is 12.6. The molecule has 5 nitrogen and oxygen atoms in total. The highest BCUT2D eigenvalue weighted by molar-refractivity contribution is 6.32. The Hall–Kier alpha value is -1.95. The third kappa shape index (κ3) is 4.86. The number of hydrogen-bond acceptors (Lipinski definition) is 3.